The number of hydrogen-bond acceptors (Lipinski definition) is 7. The summed E-state index contributed by atoms with van der Waals surface area (Å²) in [5.41, 5.74) is 0. The van der Waals surface area contributed by atoms with Gasteiger partial charge in [-0.2, -0.15) is 0 Å². The highest BCUT2D eigenvalue weighted by atomic mass is 31.2. The van der Waals surface area contributed by atoms with E-state index in [2.05, 4.69) is 13.8 Å². The zero-order chi connectivity index (χ0) is 43.4. The van der Waals surface area contributed by atoms with Crippen molar-refractivity contribution in [2.24, 2.45) is 0 Å². The third kappa shape index (κ3) is 48.4. The molecule has 354 valence electrons. The monoisotopic (exact) mass is 860 g/mol. The second-order valence-corrected chi connectivity index (χ2v) is 20.3. The predicted molar refractivity (Wildman–Crippen MR) is 250 cm³/mol. The van der Waals surface area contributed by atoms with Crippen LogP contribution in [0.5, 0.6) is 0 Å². The van der Waals surface area contributed by atoms with Crippen molar-refractivity contribution in [2.45, 2.75) is 264 Å². The van der Waals surface area contributed by atoms with Crippen LogP contribution in [0.1, 0.15) is 258 Å². The van der Waals surface area contributed by atoms with E-state index in [9.17, 15) is 14.3 Å². The minimum Gasteiger partial charge on any atom is -0.756 e. The standard InChI is InChI=1S/C50H102NO7P/c1-6-8-10-12-14-16-18-20-22-23-24-25-26-27-28-29-30-31-33-35-37-39-41-43-50(52)58-49(48-57-59(53,54)56-46-44-51(3,4)5)47-55-45-42-40-38-36-34-32-21-19-17-15-13-11-9-7-2/h49H,6-48H2,1-5H3. The molecule has 0 rings (SSSR count). The van der Waals surface area contributed by atoms with Gasteiger partial charge in [-0.15, -0.1) is 0 Å². The molecule has 59 heavy (non-hydrogen) atoms. The van der Waals surface area contributed by atoms with Gasteiger partial charge in [0.25, 0.3) is 7.82 Å². The van der Waals surface area contributed by atoms with Gasteiger partial charge >= 0.3 is 5.97 Å². The molecule has 0 N–H and O–H groups in total. The van der Waals surface area contributed by atoms with Crippen molar-refractivity contribution < 1.29 is 37.3 Å². The Kier molecular flexibility index (Phi) is 43.7. The summed E-state index contributed by atoms with van der Waals surface area (Å²) >= 11 is 0. The number of carbonyl (C=O) groups excluding carboxylic acids is 1. The number of ether oxygens (including phenoxy) is 2. The van der Waals surface area contributed by atoms with E-state index < -0.39 is 13.9 Å². The lowest BCUT2D eigenvalue weighted by atomic mass is 10.0. The number of esters is 1. The number of likely N-dealkylation sites (N-methyl/N-ethyl adjacent to an activating group) is 1. The number of rotatable bonds is 49. The van der Waals surface area contributed by atoms with Crippen LogP contribution in [0, 0.1) is 0 Å². The molecular weight excluding hydrogens is 758 g/mol. The fourth-order valence-corrected chi connectivity index (χ4v) is 8.40. The molecule has 0 heterocycles. The Hall–Kier alpha value is -0.500. The second kappa shape index (κ2) is 44.1. The number of quaternary nitrogens is 1. The Morgan fingerprint density at radius 3 is 1.12 bits per heavy atom. The predicted octanol–water partition coefficient (Wildman–Crippen LogP) is 15.0. The maximum Gasteiger partial charge on any atom is 0.306 e. The molecule has 0 aromatic rings. The number of hydrogen-bond donors (Lipinski definition) is 0. The van der Waals surface area contributed by atoms with E-state index in [1.54, 1.807) is 0 Å². The van der Waals surface area contributed by atoms with Gasteiger partial charge in [-0.25, -0.2) is 0 Å². The Bertz CT molecular complexity index is 914. The van der Waals surface area contributed by atoms with Gasteiger partial charge in [0.05, 0.1) is 34.4 Å². The molecule has 0 aromatic carbocycles. The number of unbranched alkanes of at least 4 members (excludes halogenated alkanes) is 35. The summed E-state index contributed by atoms with van der Waals surface area (Å²) in [6.45, 7) is 5.49. The van der Waals surface area contributed by atoms with E-state index in [0.29, 0.717) is 24.1 Å². The second-order valence-electron chi connectivity index (χ2n) is 18.9. The first-order chi connectivity index (χ1) is 28.6. The smallest absolute Gasteiger partial charge is 0.306 e. The van der Waals surface area contributed by atoms with Crippen LogP contribution in [0.15, 0.2) is 0 Å². The molecule has 0 bridgehead atoms. The van der Waals surface area contributed by atoms with Gasteiger partial charge in [0.15, 0.2) is 0 Å². The highest BCUT2D eigenvalue weighted by Crippen LogP contribution is 2.38. The average Bonchev–Trinajstić information content (AvgIpc) is 3.19. The summed E-state index contributed by atoms with van der Waals surface area (Å²) in [5.74, 6) is -0.325. The Labute approximate surface area is 368 Å². The lowest BCUT2D eigenvalue weighted by Crippen LogP contribution is -2.37. The molecule has 0 saturated heterocycles. The molecule has 0 aliphatic heterocycles. The Morgan fingerprint density at radius 2 is 0.780 bits per heavy atom. The van der Waals surface area contributed by atoms with Crippen molar-refractivity contribution in [3.63, 3.8) is 0 Å². The van der Waals surface area contributed by atoms with Crippen molar-refractivity contribution in [1.29, 1.82) is 0 Å². The molecule has 0 spiro atoms. The first kappa shape index (κ1) is 58.5. The molecule has 0 aliphatic carbocycles. The molecule has 0 aromatic heterocycles. The minimum absolute atomic E-state index is 0.0316. The van der Waals surface area contributed by atoms with E-state index in [4.69, 9.17) is 18.5 Å². The van der Waals surface area contributed by atoms with Gasteiger partial charge in [-0.05, 0) is 12.8 Å². The normalized spacial score (nSPS) is 13.5. The van der Waals surface area contributed by atoms with Crippen LogP contribution in [-0.4, -0.2) is 70.7 Å². The van der Waals surface area contributed by atoms with Crippen LogP contribution in [-0.2, 0) is 27.9 Å². The van der Waals surface area contributed by atoms with Crippen molar-refractivity contribution in [3.8, 4) is 0 Å². The summed E-state index contributed by atoms with van der Waals surface area (Å²) in [7, 11) is 1.38. The maximum absolute atomic E-state index is 12.7. The van der Waals surface area contributed by atoms with Crippen molar-refractivity contribution in [1.82, 2.24) is 0 Å². The van der Waals surface area contributed by atoms with Gasteiger partial charge in [0, 0.05) is 13.0 Å². The topological polar surface area (TPSA) is 94.1 Å². The SMILES string of the molecule is CCCCCCCCCCCCCCCCCCCCCCCCCC(=O)OC(COCCCCCCCCCCCCCCCC)COP(=O)([O-])OCC[N+](C)(C)C. The van der Waals surface area contributed by atoms with Crippen molar-refractivity contribution in [2.75, 3.05) is 54.1 Å². The molecule has 0 aliphatic rings. The van der Waals surface area contributed by atoms with Crippen LogP contribution in [0.3, 0.4) is 0 Å². The molecule has 8 nitrogen and oxygen atoms in total. The largest absolute Gasteiger partial charge is 0.756 e. The van der Waals surface area contributed by atoms with E-state index in [1.165, 1.54) is 205 Å². The molecule has 2 unspecified atom stereocenters. The molecule has 0 radical (unpaired) electrons. The van der Waals surface area contributed by atoms with Gasteiger partial charge in [0.2, 0.25) is 0 Å². The summed E-state index contributed by atoms with van der Waals surface area (Å²) in [6.07, 6.45) is 48.4. The fraction of sp³-hybridized carbons (Fsp3) is 0.980. The van der Waals surface area contributed by atoms with Crippen molar-refractivity contribution in [3.05, 3.63) is 0 Å². The van der Waals surface area contributed by atoms with Crippen LogP contribution >= 0.6 is 7.82 Å². The zero-order valence-corrected chi connectivity index (χ0v) is 41.1. The van der Waals surface area contributed by atoms with E-state index in [1.807, 2.05) is 21.1 Å². The highest BCUT2D eigenvalue weighted by molar-refractivity contribution is 7.45. The summed E-state index contributed by atoms with van der Waals surface area (Å²) in [5, 5.41) is 0. The number of phosphoric ester groups is 1. The maximum atomic E-state index is 12.7. The lowest BCUT2D eigenvalue weighted by Gasteiger charge is -2.28. The summed E-state index contributed by atoms with van der Waals surface area (Å²) < 4.78 is 34.7. The first-order valence-corrected chi connectivity index (χ1v) is 27.2. The lowest BCUT2D eigenvalue weighted by molar-refractivity contribution is -0.870. The van der Waals surface area contributed by atoms with Gasteiger partial charge in [-0.3, -0.25) is 9.36 Å². The molecular formula is C50H102NO7P. The quantitative estimate of drug-likeness (QED) is 0.0260. The molecule has 0 saturated carbocycles. The summed E-state index contributed by atoms with van der Waals surface area (Å²) in [4.78, 5) is 25.1. The third-order valence-electron chi connectivity index (χ3n) is 11.7. The molecule has 0 fully saturated rings. The van der Waals surface area contributed by atoms with E-state index >= 15 is 0 Å². The van der Waals surface area contributed by atoms with Crippen LogP contribution in [0.25, 0.3) is 0 Å². The van der Waals surface area contributed by atoms with Crippen LogP contribution < -0.4 is 4.89 Å². The van der Waals surface area contributed by atoms with Gasteiger partial charge < -0.3 is 27.9 Å². The van der Waals surface area contributed by atoms with Crippen LogP contribution in [0.2, 0.25) is 0 Å². The fourth-order valence-electron chi connectivity index (χ4n) is 7.67. The minimum atomic E-state index is -4.52. The van der Waals surface area contributed by atoms with Crippen molar-refractivity contribution >= 4 is 13.8 Å². The van der Waals surface area contributed by atoms with Gasteiger partial charge in [-0.1, -0.05) is 239 Å². The molecule has 0 amide bonds. The van der Waals surface area contributed by atoms with Gasteiger partial charge in [0.1, 0.15) is 19.3 Å². The Balaban J connectivity index is 4.04. The number of phosphoric acid groups is 1. The summed E-state index contributed by atoms with van der Waals surface area (Å²) in [6, 6.07) is 0. The Morgan fingerprint density at radius 1 is 0.458 bits per heavy atom. The van der Waals surface area contributed by atoms with E-state index in [-0.39, 0.29) is 25.8 Å². The number of carbonyl (C=O) groups is 1. The average molecular weight is 860 g/mol. The highest BCUT2D eigenvalue weighted by Gasteiger charge is 2.20. The third-order valence-corrected chi connectivity index (χ3v) is 12.6. The molecule has 2 atom stereocenters. The van der Waals surface area contributed by atoms with Crippen LogP contribution in [0.4, 0.5) is 0 Å². The van der Waals surface area contributed by atoms with E-state index in [0.717, 1.165) is 32.1 Å². The zero-order valence-electron chi connectivity index (χ0n) is 40.2. The first-order valence-electron chi connectivity index (χ1n) is 25.8. The number of nitrogens with zero attached hydrogens (tertiary/aromatic N) is 1. The molecule has 9 heteroatoms.